The number of hydrogen-bond acceptors (Lipinski definition) is 3. The minimum Gasteiger partial charge on any atom is -0.495 e. The molecule has 1 aromatic carbocycles. The van der Waals surface area contributed by atoms with Gasteiger partial charge in [0, 0.05) is 5.56 Å². The van der Waals surface area contributed by atoms with Gasteiger partial charge < -0.3 is 9.84 Å². The first-order valence-electron chi connectivity index (χ1n) is 3.67. The van der Waals surface area contributed by atoms with Crippen LogP contribution in [0.5, 0.6) is 5.75 Å². The van der Waals surface area contributed by atoms with Crippen LogP contribution in [0.4, 0.5) is 0 Å². The second-order valence-corrected chi connectivity index (χ2v) is 2.89. The molecular formula is C9H7ClO4. The molecule has 5 heteroatoms. The van der Waals surface area contributed by atoms with Crippen molar-refractivity contribution in [2.45, 2.75) is 0 Å². The molecule has 0 radical (unpaired) electrons. The van der Waals surface area contributed by atoms with E-state index in [1.54, 1.807) is 0 Å². The van der Waals surface area contributed by atoms with Crippen molar-refractivity contribution >= 4 is 23.4 Å². The van der Waals surface area contributed by atoms with Crippen LogP contribution in [0.3, 0.4) is 0 Å². The monoisotopic (exact) mass is 214 g/mol. The van der Waals surface area contributed by atoms with Gasteiger partial charge in [0.2, 0.25) is 0 Å². The third-order valence-corrected chi connectivity index (χ3v) is 1.90. The summed E-state index contributed by atoms with van der Waals surface area (Å²) in [5.41, 5.74) is 0.0308. The van der Waals surface area contributed by atoms with E-state index in [-0.39, 0.29) is 10.6 Å². The average Bonchev–Trinajstić information content (AvgIpc) is 2.16. The van der Waals surface area contributed by atoms with E-state index >= 15 is 0 Å². The second kappa shape index (κ2) is 4.11. The molecule has 0 saturated heterocycles. The predicted octanol–water partition coefficient (Wildman–Crippen LogP) is 1.62. The molecule has 0 spiro atoms. The van der Waals surface area contributed by atoms with Gasteiger partial charge >= 0.3 is 5.97 Å². The fourth-order valence-electron chi connectivity index (χ4n) is 0.931. The van der Waals surface area contributed by atoms with Gasteiger partial charge in [-0.15, -0.1) is 0 Å². The Labute approximate surface area is 85.1 Å². The summed E-state index contributed by atoms with van der Waals surface area (Å²) in [5, 5.41) is 8.64. The van der Waals surface area contributed by atoms with Crippen molar-refractivity contribution in [1.82, 2.24) is 0 Å². The number of hydrogen-bond donors (Lipinski definition) is 1. The van der Waals surface area contributed by atoms with E-state index in [1.165, 1.54) is 25.3 Å². The van der Waals surface area contributed by atoms with Crippen LogP contribution < -0.4 is 4.74 Å². The lowest BCUT2D eigenvalue weighted by Crippen LogP contribution is -2.12. The third kappa shape index (κ3) is 2.03. The van der Waals surface area contributed by atoms with Gasteiger partial charge in [-0.25, -0.2) is 4.79 Å². The molecule has 0 bridgehead atoms. The highest BCUT2D eigenvalue weighted by Crippen LogP contribution is 2.24. The summed E-state index contributed by atoms with van der Waals surface area (Å²) in [6, 6.07) is 4.05. The Bertz CT molecular complexity index is 386. The molecule has 0 aliphatic heterocycles. The minimum absolute atomic E-state index is 0.0308. The van der Waals surface area contributed by atoms with Gasteiger partial charge in [0.15, 0.2) is 0 Å². The third-order valence-electron chi connectivity index (χ3n) is 1.61. The number of aliphatic carboxylic acids is 1. The van der Waals surface area contributed by atoms with Crippen molar-refractivity contribution in [2.75, 3.05) is 7.11 Å². The van der Waals surface area contributed by atoms with Gasteiger partial charge in [-0.1, -0.05) is 11.6 Å². The van der Waals surface area contributed by atoms with Gasteiger partial charge in [0.1, 0.15) is 5.75 Å². The quantitative estimate of drug-likeness (QED) is 0.613. The number of ether oxygens (including phenoxy) is 1. The Morgan fingerprint density at radius 2 is 2.07 bits per heavy atom. The second-order valence-electron chi connectivity index (χ2n) is 2.48. The molecule has 0 atom stereocenters. The number of carboxylic acids is 1. The van der Waals surface area contributed by atoms with Crippen molar-refractivity contribution in [3.8, 4) is 5.75 Å². The van der Waals surface area contributed by atoms with Gasteiger partial charge in [-0.3, -0.25) is 4.79 Å². The molecule has 0 aliphatic rings. The normalized spacial score (nSPS) is 9.57. The lowest BCUT2D eigenvalue weighted by Gasteiger charge is -2.03. The number of halogens is 1. The molecule has 1 rings (SSSR count). The van der Waals surface area contributed by atoms with E-state index in [0.29, 0.717) is 5.75 Å². The number of carboxylic acid groups (broad SMARTS) is 1. The smallest absolute Gasteiger partial charge is 0.377 e. The number of Topliss-reactive ketones (excluding diaryl/α,β-unsaturated/α-hetero) is 1. The summed E-state index contributed by atoms with van der Waals surface area (Å²) >= 11 is 5.71. The summed E-state index contributed by atoms with van der Waals surface area (Å²) in [6.07, 6.45) is 0. The van der Waals surface area contributed by atoms with Crippen molar-refractivity contribution in [2.24, 2.45) is 0 Å². The molecule has 14 heavy (non-hydrogen) atoms. The summed E-state index contributed by atoms with van der Waals surface area (Å²) in [7, 11) is 1.43. The highest BCUT2D eigenvalue weighted by atomic mass is 35.5. The van der Waals surface area contributed by atoms with Gasteiger partial charge in [-0.2, -0.15) is 0 Å². The fraction of sp³-hybridized carbons (Fsp3) is 0.111. The first-order valence-corrected chi connectivity index (χ1v) is 4.05. The van der Waals surface area contributed by atoms with Gasteiger partial charge in [0.25, 0.3) is 5.78 Å². The lowest BCUT2D eigenvalue weighted by atomic mass is 10.1. The SMILES string of the molecule is COc1ccc(C(=O)C(=O)O)cc1Cl. The van der Waals surface area contributed by atoms with Gasteiger partial charge in [-0.05, 0) is 18.2 Å². The maximum atomic E-state index is 11.0. The Morgan fingerprint density at radius 3 is 2.50 bits per heavy atom. The fourth-order valence-corrected chi connectivity index (χ4v) is 1.19. The molecule has 0 unspecified atom stereocenters. The molecule has 1 aromatic rings. The molecule has 0 aliphatic carbocycles. The summed E-state index contributed by atoms with van der Waals surface area (Å²) in [5.74, 6) is -2.10. The first-order chi connectivity index (χ1) is 6.56. The van der Waals surface area contributed by atoms with Crippen LogP contribution in [0.2, 0.25) is 5.02 Å². The van der Waals surface area contributed by atoms with Crippen molar-refractivity contribution in [3.63, 3.8) is 0 Å². The van der Waals surface area contributed by atoms with Crippen LogP contribution in [0.15, 0.2) is 18.2 Å². The predicted molar refractivity (Wildman–Crippen MR) is 50.0 cm³/mol. The number of methoxy groups -OCH3 is 1. The summed E-state index contributed by atoms with van der Waals surface area (Å²) in [6.45, 7) is 0. The molecule has 0 heterocycles. The Kier molecular flexibility index (Phi) is 3.09. The molecule has 4 nitrogen and oxygen atoms in total. The van der Waals surface area contributed by atoms with Crippen LogP contribution >= 0.6 is 11.6 Å². The van der Waals surface area contributed by atoms with Crippen LogP contribution in [0.1, 0.15) is 10.4 Å². The molecule has 0 fully saturated rings. The Morgan fingerprint density at radius 1 is 1.43 bits per heavy atom. The van der Waals surface area contributed by atoms with Crippen LogP contribution in [0.25, 0.3) is 0 Å². The minimum atomic E-state index is -1.51. The largest absolute Gasteiger partial charge is 0.495 e. The average molecular weight is 215 g/mol. The zero-order valence-electron chi connectivity index (χ0n) is 7.28. The number of rotatable bonds is 3. The van der Waals surface area contributed by atoms with E-state index in [0.717, 1.165) is 0 Å². The number of benzene rings is 1. The Balaban J connectivity index is 3.09. The topological polar surface area (TPSA) is 63.6 Å². The van der Waals surface area contributed by atoms with Crippen molar-refractivity contribution in [1.29, 1.82) is 0 Å². The molecule has 0 amide bonds. The standard InChI is InChI=1S/C9H7ClO4/c1-14-7-3-2-5(4-6(7)10)8(11)9(12)13/h2-4H,1H3,(H,12,13). The van der Waals surface area contributed by atoms with E-state index < -0.39 is 11.8 Å². The number of carbonyl (C=O) groups is 2. The molecular weight excluding hydrogens is 208 g/mol. The number of ketones is 1. The van der Waals surface area contributed by atoms with E-state index in [4.69, 9.17) is 21.4 Å². The van der Waals surface area contributed by atoms with Gasteiger partial charge in [0.05, 0.1) is 12.1 Å². The van der Waals surface area contributed by atoms with E-state index in [1.807, 2.05) is 0 Å². The summed E-state index contributed by atoms with van der Waals surface area (Å²) in [4.78, 5) is 21.3. The van der Waals surface area contributed by atoms with Crippen molar-refractivity contribution < 1.29 is 19.4 Å². The van der Waals surface area contributed by atoms with Crippen LogP contribution in [-0.4, -0.2) is 24.0 Å². The number of carbonyl (C=O) groups excluding carboxylic acids is 1. The van der Waals surface area contributed by atoms with Crippen LogP contribution in [0, 0.1) is 0 Å². The van der Waals surface area contributed by atoms with Crippen LogP contribution in [-0.2, 0) is 4.79 Å². The Hall–Kier alpha value is -1.55. The highest BCUT2D eigenvalue weighted by Gasteiger charge is 2.15. The van der Waals surface area contributed by atoms with E-state index in [2.05, 4.69) is 0 Å². The maximum absolute atomic E-state index is 11.0. The molecule has 74 valence electrons. The zero-order valence-corrected chi connectivity index (χ0v) is 8.04. The first kappa shape index (κ1) is 10.5. The molecule has 1 N–H and O–H groups in total. The molecule has 0 saturated carbocycles. The highest BCUT2D eigenvalue weighted by molar-refractivity contribution is 6.40. The lowest BCUT2D eigenvalue weighted by molar-refractivity contribution is -0.131. The van der Waals surface area contributed by atoms with Crippen molar-refractivity contribution in [3.05, 3.63) is 28.8 Å². The zero-order chi connectivity index (χ0) is 10.7. The molecule has 0 aromatic heterocycles. The van der Waals surface area contributed by atoms with E-state index in [9.17, 15) is 9.59 Å². The maximum Gasteiger partial charge on any atom is 0.377 e. The summed E-state index contributed by atoms with van der Waals surface area (Å²) < 4.78 is 4.85.